The van der Waals surface area contributed by atoms with Crippen LogP contribution in [0, 0.1) is 5.82 Å². The van der Waals surface area contributed by atoms with Crippen molar-refractivity contribution >= 4 is 21.7 Å². The molecule has 0 aliphatic heterocycles. The summed E-state index contributed by atoms with van der Waals surface area (Å²) in [5.41, 5.74) is 2.40. The van der Waals surface area contributed by atoms with Crippen LogP contribution in [-0.4, -0.2) is 19.4 Å². The molecule has 0 aromatic heterocycles. The molecule has 0 radical (unpaired) electrons. The fourth-order valence-electron chi connectivity index (χ4n) is 2.22. The Kier molecular flexibility index (Phi) is 5.65. The Morgan fingerprint density at radius 1 is 1.14 bits per heavy atom. The molecular weight excluding hydrogens is 333 g/mol. The van der Waals surface area contributed by atoms with E-state index in [0.717, 1.165) is 18.5 Å². The second-order valence-corrected chi connectivity index (χ2v) is 5.62. The van der Waals surface area contributed by atoms with E-state index in [1.54, 1.807) is 12.1 Å². The molecule has 2 aromatic carbocycles. The molecule has 0 unspecified atom stereocenters. The van der Waals surface area contributed by atoms with E-state index < -0.39 is 0 Å². The Balaban J connectivity index is 2.22. The Morgan fingerprint density at radius 2 is 1.86 bits per heavy atom. The van der Waals surface area contributed by atoms with Crippen LogP contribution in [0.3, 0.4) is 0 Å². The minimum Gasteiger partial charge on any atom is -0.319 e. The first kappa shape index (κ1) is 15.9. The van der Waals surface area contributed by atoms with Gasteiger partial charge in [-0.1, -0.05) is 36.4 Å². The molecule has 2 nitrogen and oxygen atoms in total. The van der Waals surface area contributed by atoms with Crippen molar-refractivity contribution in [3.05, 3.63) is 69.4 Å². The molecule has 0 amide bonds. The SMILES string of the molecule is CNCCc1ccccc1C(=O)Cc1cccc(F)c1Br. The molecule has 110 valence electrons. The number of likely N-dealkylation sites (N-methyl/N-ethyl adjacent to an activating group) is 1. The zero-order chi connectivity index (χ0) is 15.2. The zero-order valence-electron chi connectivity index (χ0n) is 11.8. The third-order valence-electron chi connectivity index (χ3n) is 3.34. The van der Waals surface area contributed by atoms with Gasteiger partial charge < -0.3 is 5.32 Å². The number of ketones is 1. The Morgan fingerprint density at radius 3 is 2.62 bits per heavy atom. The third kappa shape index (κ3) is 3.99. The Hall–Kier alpha value is -1.52. The van der Waals surface area contributed by atoms with E-state index in [1.165, 1.54) is 6.07 Å². The minimum atomic E-state index is -0.344. The second kappa shape index (κ2) is 7.48. The van der Waals surface area contributed by atoms with Crippen molar-refractivity contribution in [1.29, 1.82) is 0 Å². The van der Waals surface area contributed by atoms with Gasteiger partial charge in [-0.05, 0) is 53.1 Å². The average Bonchev–Trinajstić information content (AvgIpc) is 2.50. The molecule has 0 aliphatic carbocycles. The van der Waals surface area contributed by atoms with E-state index in [0.29, 0.717) is 15.6 Å². The lowest BCUT2D eigenvalue weighted by molar-refractivity contribution is 0.0992. The van der Waals surface area contributed by atoms with Crippen LogP contribution >= 0.6 is 15.9 Å². The number of carbonyl (C=O) groups is 1. The first-order chi connectivity index (χ1) is 10.1. The molecule has 0 atom stereocenters. The van der Waals surface area contributed by atoms with Gasteiger partial charge in [-0.2, -0.15) is 0 Å². The summed E-state index contributed by atoms with van der Waals surface area (Å²) < 4.78 is 13.9. The normalized spacial score (nSPS) is 10.6. The largest absolute Gasteiger partial charge is 0.319 e. The number of halogens is 2. The molecule has 1 N–H and O–H groups in total. The summed E-state index contributed by atoms with van der Waals surface area (Å²) in [5, 5.41) is 3.08. The Bertz CT molecular complexity index is 642. The van der Waals surface area contributed by atoms with E-state index in [9.17, 15) is 9.18 Å². The fraction of sp³-hybridized carbons (Fsp3) is 0.235. The second-order valence-electron chi connectivity index (χ2n) is 4.82. The summed E-state index contributed by atoms with van der Waals surface area (Å²) in [6.07, 6.45) is 0.984. The maximum absolute atomic E-state index is 13.5. The quantitative estimate of drug-likeness (QED) is 0.804. The van der Waals surface area contributed by atoms with Crippen molar-refractivity contribution in [2.24, 2.45) is 0 Å². The summed E-state index contributed by atoms with van der Waals surface area (Å²) in [6, 6.07) is 12.3. The summed E-state index contributed by atoms with van der Waals surface area (Å²) in [4.78, 5) is 12.5. The molecule has 0 fully saturated rings. The number of rotatable bonds is 6. The molecule has 4 heteroatoms. The third-order valence-corrected chi connectivity index (χ3v) is 4.23. The molecule has 0 heterocycles. The van der Waals surface area contributed by atoms with Gasteiger partial charge in [-0.3, -0.25) is 4.79 Å². The first-order valence-electron chi connectivity index (χ1n) is 6.82. The summed E-state index contributed by atoms with van der Waals surface area (Å²) >= 11 is 3.20. The number of benzene rings is 2. The van der Waals surface area contributed by atoms with Crippen LogP contribution in [0.15, 0.2) is 46.9 Å². The predicted molar refractivity (Wildman–Crippen MR) is 86.2 cm³/mol. The van der Waals surface area contributed by atoms with Crippen LogP contribution in [0.1, 0.15) is 21.5 Å². The molecule has 0 saturated carbocycles. The topological polar surface area (TPSA) is 29.1 Å². The van der Waals surface area contributed by atoms with Gasteiger partial charge in [0.1, 0.15) is 5.82 Å². The van der Waals surface area contributed by atoms with Crippen molar-refractivity contribution in [3.63, 3.8) is 0 Å². The number of hydrogen-bond acceptors (Lipinski definition) is 2. The van der Waals surface area contributed by atoms with Crippen molar-refractivity contribution in [2.75, 3.05) is 13.6 Å². The van der Waals surface area contributed by atoms with E-state index in [4.69, 9.17) is 0 Å². The summed E-state index contributed by atoms with van der Waals surface area (Å²) in [5.74, 6) is -0.336. The van der Waals surface area contributed by atoms with E-state index in [1.807, 2.05) is 31.3 Å². The van der Waals surface area contributed by atoms with Crippen molar-refractivity contribution < 1.29 is 9.18 Å². The lowest BCUT2D eigenvalue weighted by Crippen LogP contribution is -2.14. The fourth-order valence-corrected chi connectivity index (χ4v) is 2.63. The van der Waals surface area contributed by atoms with Gasteiger partial charge in [0.15, 0.2) is 5.78 Å². The lowest BCUT2D eigenvalue weighted by atomic mass is 9.97. The highest BCUT2D eigenvalue weighted by atomic mass is 79.9. The van der Waals surface area contributed by atoms with Crippen molar-refractivity contribution in [1.82, 2.24) is 5.32 Å². The number of Topliss-reactive ketones (excluding diaryl/α,β-unsaturated/α-hetero) is 1. The van der Waals surface area contributed by atoms with Crippen LogP contribution < -0.4 is 5.32 Å². The monoisotopic (exact) mass is 349 g/mol. The van der Waals surface area contributed by atoms with Gasteiger partial charge in [0.05, 0.1) is 4.47 Å². The van der Waals surface area contributed by atoms with E-state index in [2.05, 4.69) is 21.2 Å². The van der Waals surface area contributed by atoms with E-state index >= 15 is 0 Å². The molecule has 0 saturated heterocycles. The molecule has 0 aliphatic rings. The van der Waals surface area contributed by atoms with Crippen LogP contribution in [0.25, 0.3) is 0 Å². The number of hydrogen-bond donors (Lipinski definition) is 1. The molecule has 2 aromatic rings. The van der Waals surface area contributed by atoms with Crippen LogP contribution in [0.2, 0.25) is 0 Å². The van der Waals surface area contributed by atoms with Crippen molar-refractivity contribution in [3.8, 4) is 0 Å². The molecule has 0 spiro atoms. The van der Waals surface area contributed by atoms with Gasteiger partial charge >= 0.3 is 0 Å². The van der Waals surface area contributed by atoms with Crippen LogP contribution in [0.5, 0.6) is 0 Å². The molecule has 0 bridgehead atoms. The molecule has 2 rings (SSSR count). The van der Waals surface area contributed by atoms with Gasteiger partial charge in [0, 0.05) is 12.0 Å². The maximum atomic E-state index is 13.5. The highest BCUT2D eigenvalue weighted by Crippen LogP contribution is 2.22. The zero-order valence-corrected chi connectivity index (χ0v) is 13.4. The summed E-state index contributed by atoms with van der Waals surface area (Å²) in [6.45, 7) is 0.813. The predicted octanol–water partition coefficient (Wildman–Crippen LogP) is 3.78. The lowest BCUT2D eigenvalue weighted by Gasteiger charge is -2.09. The molecule has 21 heavy (non-hydrogen) atoms. The summed E-state index contributed by atoms with van der Waals surface area (Å²) in [7, 11) is 1.88. The van der Waals surface area contributed by atoms with Crippen LogP contribution in [0.4, 0.5) is 4.39 Å². The van der Waals surface area contributed by atoms with E-state index in [-0.39, 0.29) is 18.0 Å². The Labute approximate surface area is 132 Å². The highest BCUT2D eigenvalue weighted by Gasteiger charge is 2.14. The van der Waals surface area contributed by atoms with Gasteiger partial charge in [-0.15, -0.1) is 0 Å². The average molecular weight is 350 g/mol. The van der Waals surface area contributed by atoms with Gasteiger partial charge in [-0.25, -0.2) is 4.39 Å². The smallest absolute Gasteiger partial charge is 0.167 e. The maximum Gasteiger partial charge on any atom is 0.167 e. The van der Waals surface area contributed by atoms with Gasteiger partial charge in [0.2, 0.25) is 0 Å². The molecular formula is C17H17BrFNO. The highest BCUT2D eigenvalue weighted by molar-refractivity contribution is 9.10. The van der Waals surface area contributed by atoms with Gasteiger partial charge in [0.25, 0.3) is 0 Å². The first-order valence-corrected chi connectivity index (χ1v) is 7.61. The number of nitrogens with one attached hydrogen (secondary N) is 1. The van der Waals surface area contributed by atoms with Crippen molar-refractivity contribution in [2.45, 2.75) is 12.8 Å². The minimum absolute atomic E-state index is 0.00741. The number of carbonyl (C=O) groups excluding carboxylic acids is 1. The standard InChI is InChI=1S/C17H17BrFNO/c1-20-10-9-12-5-2-3-7-14(12)16(21)11-13-6-4-8-15(19)17(13)18/h2-8,20H,9-11H2,1H3. The van der Waals surface area contributed by atoms with Crippen LogP contribution in [-0.2, 0) is 12.8 Å².